The maximum Gasteiger partial charge on any atom is 0.236 e. The third-order valence-corrected chi connectivity index (χ3v) is 4.82. The van der Waals surface area contributed by atoms with Crippen LogP contribution >= 0.6 is 0 Å². The van der Waals surface area contributed by atoms with Crippen molar-refractivity contribution in [3.05, 3.63) is 53.9 Å². The first-order chi connectivity index (χ1) is 11.6. The van der Waals surface area contributed by atoms with Crippen LogP contribution in [-0.2, 0) is 18.3 Å². The SMILES string of the molecule is CN(CCc1cnn(C)c1)C(=O)CN1CC[C@@H](c2ccccc2)C1. The van der Waals surface area contributed by atoms with Gasteiger partial charge in [0.05, 0.1) is 12.7 Å². The maximum absolute atomic E-state index is 12.4. The van der Waals surface area contributed by atoms with E-state index in [1.54, 1.807) is 4.68 Å². The lowest BCUT2D eigenvalue weighted by Crippen LogP contribution is -2.38. The second-order valence-electron chi connectivity index (χ2n) is 6.72. The molecule has 1 fully saturated rings. The summed E-state index contributed by atoms with van der Waals surface area (Å²) in [5.74, 6) is 0.757. The zero-order chi connectivity index (χ0) is 16.9. The van der Waals surface area contributed by atoms with Crippen molar-refractivity contribution in [1.29, 1.82) is 0 Å². The summed E-state index contributed by atoms with van der Waals surface area (Å²) in [6, 6.07) is 10.6. The molecule has 1 amide bonds. The van der Waals surface area contributed by atoms with Crippen molar-refractivity contribution in [2.75, 3.05) is 33.2 Å². The Morgan fingerprint density at radius 3 is 2.83 bits per heavy atom. The van der Waals surface area contributed by atoms with Crippen LogP contribution in [0.1, 0.15) is 23.5 Å². The van der Waals surface area contributed by atoms with Gasteiger partial charge >= 0.3 is 0 Å². The monoisotopic (exact) mass is 326 g/mol. The van der Waals surface area contributed by atoms with Crippen LogP contribution < -0.4 is 0 Å². The van der Waals surface area contributed by atoms with E-state index in [9.17, 15) is 4.79 Å². The Labute approximate surface area is 143 Å². The maximum atomic E-state index is 12.4. The standard InChI is InChI=1S/C19H26N4O/c1-21(10-8-16-12-20-22(2)13-16)19(24)15-23-11-9-18(14-23)17-6-4-3-5-7-17/h3-7,12-13,18H,8-11,14-15H2,1-2H3/t18-/m1/s1. The van der Waals surface area contributed by atoms with E-state index in [4.69, 9.17) is 0 Å². The molecule has 1 aliphatic heterocycles. The van der Waals surface area contributed by atoms with E-state index in [0.717, 1.165) is 32.5 Å². The van der Waals surface area contributed by atoms with Crippen molar-refractivity contribution in [3.63, 3.8) is 0 Å². The van der Waals surface area contributed by atoms with E-state index in [-0.39, 0.29) is 5.91 Å². The molecule has 1 saturated heterocycles. The zero-order valence-electron chi connectivity index (χ0n) is 14.6. The molecular weight excluding hydrogens is 300 g/mol. The van der Waals surface area contributed by atoms with Gasteiger partial charge in [-0.05, 0) is 36.4 Å². The van der Waals surface area contributed by atoms with Crippen LogP contribution in [0.3, 0.4) is 0 Å². The van der Waals surface area contributed by atoms with E-state index in [2.05, 4.69) is 40.3 Å². The largest absolute Gasteiger partial charge is 0.344 e. The van der Waals surface area contributed by atoms with E-state index in [1.165, 1.54) is 11.1 Å². The predicted octanol–water partition coefficient (Wildman–Crippen LogP) is 1.91. The van der Waals surface area contributed by atoms with Crippen LogP contribution in [0, 0.1) is 0 Å². The normalized spacial score (nSPS) is 18.0. The Balaban J connectivity index is 1.45. The summed E-state index contributed by atoms with van der Waals surface area (Å²) < 4.78 is 1.80. The summed E-state index contributed by atoms with van der Waals surface area (Å²) in [5, 5.41) is 4.16. The molecule has 2 aromatic rings. The second-order valence-corrected chi connectivity index (χ2v) is 6.72. The van der Waals surface area contributed by atoms with Gasteiger partial charge in [0.1, 0.15) is 0 Å². The highest BCUT2D eigenvalue weighted by Gasteiger charge is 2.25. The summed E-state index contributed by atoms with van der Waals surface area (Å²) in [4.78, 5) is 16.5. The molecule has 0 radical (unpaired) electrons. The van der Waals surface area contributed by atoms with Gasteiger partial charge in [0.15, 0.2) is 0 Å². The number of hydrogen-bond acceptors (Lipinski definition) is 3. The number of aryl methyl sites for hydroxylation is 1. The average molecular weight is 326 g/mol. The summed E-state index contributed by atoms with van der Waals surface area (Å²) in [5.41, 5.74) is 2.56. The topological polar surface area (TPSA) is 41.4 Å². The Bertz CT molecular complexity index is 667. The summed E-state index contributed by atoms with van der Waals surface area (Å²) >= 11 is 0. The molecule has 0 saturated carbocycles. The van der Waals surface area contributed by atoms with Crippen molar-refractivity contribution < 1.29 is 4.79 Å². The van der Waals surface area contributed by atoms with Crippen LogP contribution in [0.5, 0.6) is 0 Å². The average Bonchev–Trinajstić information content (AvgIpc) is 3.22. The highest BCUT2D eigenvalue weighted by molar-refractivity contribution is 5.78. The molecule has 5 heteroatoms. The van der Waals surface area contributed by atoms with Crippen molar-refractivity contribution in [2.24, 2.45) is 7.05 Å². The predicted molar refractivity (Wildman–Crippen MR) is 94.8 cm³/mol. The van der Waals surface area contributed by atoms with Gasteiger partial charge in [0.25, 0.3) is 0 Å². The number of aromatic nitrogens is 2. The number of benzene rings is 1. The number of likely N-dealkylation sites (N-methyl/N-ethyl adjacent to an activating group) is 1. The fourth-order valence-corrected chi connectivity index (χ4v) is 3.31. The van der Waals surface area contributed by atoms with Gasteiger partial charge < -0.3 is 4.90 Å². The van der Waals surface area contributed by atoms with Crippen molar-refractivity contribution >= 4 is 5.91 Å². The molecule has 0 aliphatic carbocycles. The van der Waals surface area contributed by atoms with Crippen LogP contribution in [0.4, 0.5) is 0 Å². The molecule has 1 aromatic carbocycles. The third-order valence-electron chi connectivity index (χ3n) is 4.82. The molecule has 128 valence electrons. The van der Waals surface area contributed by atoms with Gasteiger partial charge in [-0.25, -0.2) is 0 Å². The first-order valence-corrected chi connectivity index (χ1v) is 8.60. The second kappa shape index (κ2) is 7.62. The number of hydrogen-bond donors (Lipinski definition) is 0. The smallest absolute Gasteiger partial charge is 0.236 e. The van der Waals surface area contributed by atoms with Crippen molar-refractivity contribution in [1.82, 2.24) is 19.6 Å². The lowest BCUT2D eigenvalue weighted by molar-refractivity contribution is -0.130. The fraction of sp³-hybridized carbons (Fsp3) is 0.474. The molecule has 0 unspecified atom stereocenters. The van der Waals surface area contributed by atoms with Crippen LogP contribution in [0.15, 0.2) is 42.7 Å². The van der Waals surface area contributed by atoms with Crippen molar-refractivity contribution in [3.8, 4) is 0 Å². The lowest BCUT2D eigenvalue weighted by atomic mass is 9.99. The zero-order valence-corrected chi connectivity index (χ0v) is 14.6. The van der Waals surface area contributed by atoms with Crippen LogP contribution in [-0.4, -0.2) is 58.7 Å². The minimum Gasteiger partial charge on any atom is -0.344 e. The van der Waals surface area contributed by atoms with Gasteiger partial charge in [-0.2, -0.15) is 5.10 Å². The molecule has 5 nitrogen and oxygen atoms in total. The van der Waals surface area contributed by atoms with Gasteiger partial charge in [-0.1, -0.05) is 30.3 Å². The summed E-state index contributed by atoms with van der Waals surface area (Å²) in [6.07, 6.45) is 5.85. The quantitative estimate of drug-likeness (QED) is 0.814. The van der Waals surface area contributed by atoms with E-state index in [1.807, 2.05) is 31.4 Å². The summed E-state index contributed by atoms with van der Waals surface area (Å²) in [7, 11) is 3.80. The number of carbonyl (C=O) groups is 1. The molecule has 3 rings (SSSR count). The lowest BCUT2D eigenvalue weighted by Gasteiger charge is -2.21. The Hall–Kier alpha value is -2.14. The van der Waals surface area contributed by atoms with Crippen LogP contribution in [0.25, 0.3) is 0 Å². The fourth-order valence-electron chi connectivity index (χ4n) is 3.31. The van der Waals surface area contributed by atoms with Crippen molar-refractivity contribution in [2.45, 2.75) is 18.8 Å². The molecule has 0 N–H and O–H groups in total. The van der Waals surface area contributed by atoms with Gasteiger partial charge in [0, 0.05) is 33.4 Å². The molecular formula is C19H26N4O. The number of rotatable bonds is 6. The van der Waals surface area contributed by atoms with E-state index in [0.29, 0.717) is 12.5 Å². The molecule has 2 heterocycles. The highest BCUT2D eigenvalue weighted by atomic mass is 16.2. The summed E-state index contributed by atoms with van der Waals surface area (Å²) in [6.45, 7) is 3.24. The first-order valence-electron chi connectivity index (χ1n) is 8.60. The number of nitrogens with zero attached hydrogens (tertiary/aromatic N) is 4. The van der Waals surface area contributed by atoms with Gasteiger partial charge in [0.2, 0.25) is 5.91 Å². The number of likely N-dealkylation sites (tertiary alicyclic amines) is 1. The van der Waals surface area contributed by atoms with E-state index < -0.39 is 0 Å². The minimum atomic E-state index is 0.201. The minimum absolute atomic E-state index is 0.201. The third kappa shape index (κ3) is 4.23. The molecule has 1 atom stereocenters. The molecule has 1 aliphatic rings. The van der Waals surface area contributed by atoms with Gasteiger partial charge in [-0.3, -0.25) is 14.4 Å². The molecule has 24 heavy (non-hydrogen) atoms. The van der Waals surface area contributed by atoms with Crippen LogP contribution in [0.2, 0.25) is 0 Å². The number of amides is 1. The van der Waals surface area contributed by atoms with E-state index >= 15 is 0 Å². The molecule has 0 bridgehead atoms. The molecule has 0 spiro atoms. The Morgan fingerprint density at radius 2 is 2.12 bits per heavy atom. The van der Waals surface area contributed by atoms with Gasteiger partial charge in [-0.15, -0.1) is 0 Å². The Kier molecular flexibility index (Phi) is 5.30. The Morgan fingerprint density at radius 1 is 1.33 bits per heavy atom. The molecule has 1 aromatic heterocycles. The number of carbonyl (C=O) groups excluding carboxylic acids is 1. The first kappa shape index (κ1) is 16.7. The highest BCUT2D eigenvalue weighted by Crippen LogP contribution is 2.26.